The van der Waals surface area contributed by atoms with Gasteiger partial charge in [-0.25, -0.2) is 9.18 Å². The highest BCUT2D eigenvalue weighted by molar-refractivity contribution is 6.02. The molecule has 0 spiro atoms. The Labute approximate surface area is 203 Å². The van der Waals surface area contributed by atoms with E-state index >= 15 is 0 Å². The Morgan fingerprint density at radius 2 is 1.80 bits per heavy atom. The normalized spacial score (nSPS) is 21.5. The fourth-order valence-electron chi connectivity index (χ4n) is 4.41. The Morgan fingerprint density at radius 3 is 2.54 bits per heavy atom. The first-order valence-electron chi connectivity index (χ1n) is 11.6. The molecule has 186 valence electrons. The van der Waals surface area contributed by atoms with Crippen LogP contribution in [0, 0.1) is 5.82 Å². The van der Waals surface area contributed by atoms with Crippen molar-refractivity contribution < 1.29 is 28.2 Å². The van der Waals surface area contributed by atoms with Crippen molar-refractivity contribution in [2.75, 3.05) is 30.8 Å². The zero-order valence-electron chi connectivity index (χ0n) is 19.7. The molecule has 0 aromatic heterocycles. The van der Waals surface area contributed by atoms with Crippen LogP contribution in [-0.2, 0) is 9.53 Å². The minimum atomic E-state index is -0.525. The van der Waals surface area contributed by atoms with Crippen LogP contribution in [0.1, 0.15) is 36.5 Å². The Balaban J connectivity index is 1.44. The highest BCUT2D eigenvalue weighted by Crippen LogP contribution is 2.32. The van der Waals surface area contributed by atoms with Gasteiger partial charge in [0, 0.05) is 25.0 Å². The van der Waals surface area contributed by atoms with Gasteiger partial charge in [-0.2, -0.15) is 0 Å². The van der Waals surface area contributed by atoms with Crippen LogP contribution >= 0.6 is 0 Å². The topological polar surface area (TPSA) is 109 Å². The minimum Gasteiger partial charge on any atom is -0.490 e. The molecule has 4 amide bonds. The van der Waals surface area contributed by atoms with E-state index in [4.69, 9.17) is 9.47 Å². The summed E-state index contributed by atoms with van der Waals surface area (Å²) in [5, 5.41) is 8.09. The maximum Gasteiger partial charge on any atom is 0.323 e. The largest absolute Gasteiger partial charge is 0.490 e. The molecule has 35 heavy (non-hydrogen) atoms. The zero-order chi connectivity index (χ0) is 24.9. The molecule has 2 aliphatic heterocycles. The molecule has 0 unspecified atom stereocenters. The first-order valence-corrected chi connectivity index (χ1v) is 11.6. The van der Waals surface area contributed by atoms with Gasteiger partial charge in [0.05, 0.1) is 24.1 Å². The number of halogens is 1. The summed E-state index contributed by atoms with van der Waals surface area (Å²) in [6, 6.07) is 9.51. The molecule has 2 aromatic rings. The van der Waals surface area contributed by atoms with Crippen molar-refractivity contribution in [1.29, 1.82) is 0 Å². The number of benzene rings is 2. The van der Waals surface area contributed by atoms with Gasteiger partial charge in [-0.15, -0.1) is 0 Å². The molecule has 2 aromatic carbocycles. The van der Waals surface area contributed by atoms with Crippen LogP contribution in [0.3, 0.4) is 0 Å². The quantitative estimate of drug-likeness (QED) is 0.603. The Hall–Kier alpha value is -3.66. The molecule has 4 rings (SSSR count). The van der Waals surface area contributed by atoms with Gasteiger partial charge in [0.1, 0.15) is 24.3 Å². The Morgan fingerprint density at radius 1 is 1.09 bits per heavy atom. The highest BCUT2D eigenvalue weighted by atomic mass is 19.1. The predicted octanol–water partition coefficient (Wildman–Crippen LogP) is 3.38. The van der Waals surface area contributed by atoms with Crippen LogP contribution < -0.4 is 20.7 Å². The van der Waals surface area contributed by atoms with Crippen molar-refractivity contribution in [1.82, 2.24) is 10.2 Å². The van der Waals surface area contributed by atoms with Gasteiger partial charge in [0.15, 0.2) is 0 Å². The molecule has 3 atom stereocenters. The van der Waals surface area contributed by atoms with E-state index in [9.17, 15) is 18.8 Å². The number of carbonyl (C=O) groups is 3. The second-order valence-corrected chi connectivity index (χ2v) is 8.62. The minimum absolute atomic E-state index is 0.0546. The first kappa shape index (κ1) is 24.5. The fourth-order valence-corrected chi connectivity index (χ4v) is 4.41. The molecule has 0 bridgehead atoms. The number of ether oxygens (including phenoxy) is 2. The van der Waals surface area contributed by atoms with Crippen LogP contribution in [0.25, 0.3) is 0 Å². The Bertz CT molecular complexity index is 1090. The van der Waals surface area contributed by atoms with Crippen molar-refractivity contribution in [3.8, 4) is 5.75 Å². The number of nitrogens with zero attached hydrogens (tertiary/aromatic N) is 1. The van der Waals surface area contributed by atoms with Crippen molar-refractivity contribution in [3.05, 3.63) is 53.8 Å². The summed E-state index contributed by atoms with van der Waals surface area (Å²) in [5.41, 5.74) is 1.17. The van der Waals surface area contributed by atoms with E-state index in [0.717, 1.165) is 0 Å². The molecular weight excluding hydrogens is 455 g/mol. The summed E-state index contributed by atoms with van der Waals surface area (Å²) in [6.45, 7) is 2.67. The summed E-state index contributed by atoms with van der Waals surface area (Å²) < 4.78 is 25.2. The molecule has 10 heteroatoms. The van der Waals surface area contributed by atoms with Gasteiger partial charge in [-0.3, -0.25) is 9.59 Å². The van der Waals surface area contributed by atoms with Gasteiger partial charge in [-0.05, 0) is 62.2 Å². The SMILES string of the molecule is CCNC(=O)C[C@H]1CC[C@@H]2[C@@H](COc3ccc(NC(=O)Nc4ccc(F)cc4)cc3C(=O)N2C)O1. The Kier molecular flexibility index (Phi) is 7.50. The second kappa shape index (κ2) is 10.7. The van der Waals surface area contributed by atoms with Crippen molar-refractivity contribution in [2.24, 2.45) is 0 Å². The lowest BCUT2D eigenvalue weighted by Crippen LogP contribution is -2.54. The maximum absolute atomic E-state index is 13.3. The third kappa shape index (κ3) is 5.89. The number of nitrogens with one attached hydrogen (secondary N) is 3. The monoisotopic (exact) mass is 484 g/mol. The summed E-state index contributed by atoms with van der Waals surface area (Å²) in [5.74, 6) is -0.313. The number of anilines is 2. The molecule has 2 aliphatic rings. The number of urea groups is 1. The van der Waals surface area contributed by atoms with Gasteiger partial charge < -0.3 is 30.3 Å². The number of rotatable bonds is 5. The zero-order valence-corrected chi connectivity index (χ0v) is 19.7. The van der Waals surface area contributed by atoms with E-state index in [-0.39, 0.29) is 43.1 Å². The second-order valence-electron chi connectivity index (χ2n) is 8.62. The van der Waals surface area contributed by atoms with E-state index in [1.165, 1.54) is 24.3 Å². The van der Waals surface area contributed by atoms with E-state index in [1.807, 2.05) is 6.92 Å². The highest BCUT2D eigenvalue weighted by Gasteiger charge is 2.39. The average Bonchev–Trinajstić information content (AvgIpc) is 2.83. The molecule has 0 radical (unpaired) electrons. The molecule has 0 aliphatic carbocycles. The molecule has 9 nitrogen and oxygen atoms in total. The number of carbonyl (C=O) groups excluding carboxylic acids is 3. The molecule has 1 saturated heterocycles. The summed E-state index contributed by atoms with van der Waals surface area (Å²) in [4.78, 5) is 39.3. The lowest BCUT2D eigenvalue weighted by atomic mass is 9.94. The van der Waals surface area contributed by atoms with Crippen molar-refractivity contribution in [3.63, 3.8) is 0 Å². The van der Waals surface area contributed by atoms with Crippen LogP contribution in [0.2, 0.25) is 0 Å². The molecule has 2 heterocycles. The number of likely N-dealkylation sites (N-methyl/N-ethyl adjacent to an activating group) is 1. The fraction of sp³-hybridized carbons (Fsp3) is 0.400. The van der Waals surface area contributed by atoms with Gasteiger partial charge in [-0.1, -0.05) is 0 Å². The lowest BCUT2D eigenvalue weighted by molar-refractivity contribution is -0.133. The van der Waals surface area contributed by atoms with Crippen LogP contribution in [0.15, 0.2) is 42.5 Å². The van der Waals surface area contributed by atoms with E-state index in [0.29, 0.717) is 42.1 Å². The van der Waals surface area contributed by atoms with E-state index in [1.54, 1.807) is 30.1 Å². The summed E-state index contributed by atoms with van der Waals surface area (Å²) >= 11 is 0. The first-order chi connectivity index (χ1) is 16.8. The summed E-state index contributed by atoms with van der Waals surface area (Å²) in [6.07, 6.45) is 1.05. The van der Waals surface area contributed by atoms with Gasteiger partial charge >= 0.3 is 6.03 Å². The van der Waals surface area contributed by atoms with E-state index in [2.05, 4.69) is 16.0 Å². The van der Waals surface area contributed by atoms with Crippen LogP contribution in [-0.4, -0.2) is 61.2 Å². The maximum atomic E-state index is 13.3. The van der Waals surface area contributed by atoms with Crippen LogP contribution in [0.5, 0.6) is 5.75 Å². The molecule has 0 saturated carbocycles. The average molecular weight is 485 g/mol. The molecular formula is C25H29FN4O5. The third-order valence-corrected chi connectivity index (χ3v) is 6.16. The summed E-state index contributed by atoms with van der Waals surface area (Å²) in [7, 11) is 1.73. The van der Waals surface area contributed by atoms with Crippen molar-refractivity contribution in [2.45, 2.75) is 44.4 Å². The standard InChI is InChI=1S/C25H29FN4O5/c1-3-27-23(31)13-18-9-10-20-22(35-18)14-34-21-11-8-17(12-19(21)24(32)30(20)2)29-25(33)28-16-6-4-15(26)5-7-16/h4-8,11-12,18,20,22H,3,9-10,13-14H2,1-2H3,(H,27,31)(H2,28,29,33)/t18-,20-,22-/m1/s1. The van der Waals surface area contributed by atoms with E-state index < -0.39 is 11.8 Å². The predicted molar refractivity (Wildman–Crippen MR) is 128 cm³/mol. The number of fused-ring (bicyclic) bond motifs is 2. The molecule has 1 fully saturated rings. The number of hydrogen-bond acceptors (Lipinski definition) is 5. The van der Waals surface area contributed by atoms with Crippen LogP contribution in [0.4, 0.5) is 20.6 Å². The van der Waals surface area contributed by atoms with Gasteiger partial charge in [0.25, 0.3) is 5.91 Å². The molecule has 3 N–H and O–H groups in total. The van der Waals surface area contributed by atoms with Gasteiger partial charge in [0.2, 0.25) is 5.91 Å². The number of hydrogen-bond donors (Lipinski definition) is 3. The smallest absolute Gasteiger partial charge is 0.323 e. The third-order valence-electron chi connectivity index (χ3n) is 6.16. The lowest BCUT2D eigenvalue weighted by Gasteiger charge is -2.42. The van der Waals surface area contributed by atoms with Crippen molar-refractivity contribution >= 4 is 29.2 Å². The number of amides is 4.